The number of rotatable bonds is 10. The quantitative estimate of drug-likeness (QED) is 0.153. The molecule has 0 unspecified atom stereocenters. The maximum absolute atomic E-state index is 12.5. The first-order valence-corrected chi connectivity index (χ1v) is 12.7. The summed E-state index contributed by atoms with van der Waals surface area (Å²) in [6, 6.07) is 21.3. The maximum Gasteiger partial charge on any atom is 0.269 e. The average Bonchev–Trinajstić information content (AvgIpc) is 3.35. The van der Waals surface area contributed by atoms with Gasteiger partial charge in [-0.3, -0.25) is 19.5 Å². The zero-order valence-electron chi connectivity index (χ0n) is 20.8. The van der Waals surface area contributed by atoms with Crippen molar-refractivity contribution in [2.45, 2.75) is 24.3 Å². The molecule has 0 radical (unpaired) electrons. The van der Waals surface area contributed by atoms with Gasteiger partial charge in [-0.15, -0.1) is 10.2 Å². The third-order valence-electron chi connectivity index (χ3n) is 5.77. The largest absolute Gasteiger partial charge is 0.495 e. The van der Waals surface area contributed by atoms with E-state index < -0.39 is 4.92 Å². The van der Waals surface area contributed by atoms with Crippen molar-refractivity contribution >= 4 is 23.4 Å². The van der Waals surface area contributed by atoms with Crippen LogP contribution in [0, 0.1) is 10.1 Å². The number of nitro groups is 1. The van der Waals surface area contributed by atoms with Crippen molar-refractivity contribution in [3.8, 4) is 22.8 Å². The molecule has 9 nitrogen and oxygen atoms in total. The van der Waals surface area contributed by atoms with Gasteiger partial charge in [-0.05, 0) is 48.4 Å². The van der Waals surface area contributed by atoms with Gasteiger partial charge in [0.1, 0.15) is 5.75 Å². The fourth-order valence-electron chi connectivity index (χ4n) is 3.86. The van der Waals surface area contributed by atoms with Gasteiger partial charge in [0.25, 0.3) is 11.6 Å². The van der Waals surface area contributed by atoms with Crippen molar-refractivity contribution in [2.75, 3.05) is 20.7 Å². The normalized spacial score (nSPS) is 10.8. The van der Waals surface area contributed by atoms with Gasteiger partial charge < -0.3 is 9.64 Å². The van der Waals surface area contributed by atoms with Crippen molar-refractivity contribution in [1.82, 2.24) is 19.7 Å². The third-order valence-corrected chi connectivity index (χ3v) is 6.77. The van der Waals surface area contributed by atoms with Gasteiger partial charge in [0.2, 0.25) is 0 Å². The van der Waals surface area contributed by atoms with Crippen LogP contribution in [0.15, 0.2) is 78.0 Å². The monoisotopic (exact) mass is 517 g/mol. The number of benzene rings is 3. The van der Waals surface area contributed by atoms with Crippen LogP contribution in [-0.4, -0.2) is 51.2 Å². The molecule has 0 N–H and O–H groups in total. The molecule has 10 heteroatoms. The van der Waals surface area contributed by atoms with Crippen molar-refractivity contribution in [3.05, 3.63) is 94.0 Å². The van der Waals surface area contributed by atoms with E-state index in [2.05, 4.69) is 10.2 Å². The van der Waals surface area contributed by atoms with Crippen molar-refractivity contribution in [3.63, 3.8) is 0 Å². The molecule has 1 amide bonds. The average molecular weight is 518 g/mol. The Labute approximate surface area is 219 Å². The van der Waals surface area contributed by atoms with E-state index in [0.717, 1.165) is 17.7 Å². The highest BCUT2D eigenvalue weighted by molar-refractivity contribution is 7.98. The van der Waals surface area contributed by atoms with E-state index in [9.17, 15) is 14.9 Å². The number of hydrogen-bond acceptors (Lipinski definition) is 7. The molecule has 37 heavy (non-hydrogen) atoms. The lowest BCUT2D eigenvalue weighted by Gasteiger charge is -2.16. The SMILES string of the molecule is CCCN(C)C(=O)c1ccc(CSc2nnc(-c3ccc([N+](=O)[O-])cc3)n2-c2ccccc2OC)cc1. The highest BCUT2D eigenvalue weighted by atomic mass is 32.2. The van der Waals surface area contributed by atoms with Crippen LogP contribution < -0.4 is 4.74 Å². The summed E-state index contributed by atoms with van der Waals surface area (Å²) in [6.07, 6.45) is 0.908. The highest BCUT2D eigenvalue weighted by Crippen LogP contribution is 2.34. The maximum atomic E-state index is 12.5. The van der Waals surface area contributed by atoms with E-state index >= 15 is 0 Å². The molecule has 3 aromatic carbocycles. The molecule has 0 saturated heterocycles. The number of aromatic nitrogens is 3. The molecular weight excluding hydrogens is 490 g/mol. The number of carbonyl (C=O) groups is 1. The molecule has 190 valence electrons. The van der Waals surface area contributed by atoms with E-state index in [4.69, 9.17) is 4.74 Å². The van der Waals surface area contributed by atoms with Gasteiger partial charge in [-0.1, -0.05) is 43.0 Å². The minimum absolute atomic E-state index is 0.00419. The number of methoxy groups -OCH3 is 1. The van der Waals surface area contributed by atoms with Crippen LogP contribution in [0.4, 0.5) is 5.69 Å². The van der Waals surface area contributed by atoms with Crippen LogP contribution in [-0.2, 0) is 5.75 Å². The molecule has 0 aliphatic heterocycles. The Morgan fingerprint density at radius 3 is 2.41 bits per heavy atom. The lowest BCUT2D eigenvalue weighted by atomic mass is 10.1. The molecule has 1 heterocycles. The molecule has 4 rings (SSSR count). The predicted octanol–water partition coefficient (Wildman–Crippen LogP) is 5.63. The Balaban J connectivity index is 1.63. The molecular formula is C27H27N5O4S. The predicted molar refractivity (Wildman–Crippen MR) is 143 cm³/mol. The van der Waals surface area contributed by atoms with Crippen molar-refractivity contribution < 1.29 is 14.5 Å². The number of nitrogens with zero attached hydrogens (tertiary/aromatic N) is 5. The molecule has 0 spiro atoms. The van der Waals surface area contributed by atoms with Crippen molar-refractivity contribution in [2.24, 2.45) is 0 Å². The molecule has 0 aliphatic carbocycles. The van der Waals surface area contributed by atoms with E-state index in [1.165, 1.54) is 23.9 Å². The number of non-ortho nitro benzene ring substituents is 1. The number of hydrogen-bond donors (Lipinski definition) is 0. The van der Waals surface area contributed by atoms with Gasteiger partial charge in [-0.25, -0.2) is 0 Å². The fourth-order valence-corrected chi connectivity index (χ4v) is 4.76. The molecule has 0 saturated carbocycles. The second kappa shape index (κ2) is 11.7. The molecule has 0 aliphatic rings. The highest BCUT2D eigenvalue weighted by Gasteiger charge is 2.20. The first kappa shape index (κ1) is 25.9. The first-order valence-electron chi connectivity index (χ1n) is 11.7. The number of nitro benzene ring substituents is 1. The Morgan fingerprint density at radius 2 is 1.76 bits per heavy atom. The fraction of sp³-hybridized carbons (Fsp3) is 0.222. The van der Waals surface area contributed by atoms with Crippen molar-refractivity contribution in [1.29, 1.82) is 0 Å². The summed E-state index contributed by atoms with van der Waals surface area (Å²) >= 11 is 1.50. The Bertz CT molecular complexity index is 1390. The molecule has 1 aromatic heterocycles. The van der Waals surface area contributed by atoms with Gasteiger partial charge >= 0.3 is 0 Å². The standard InChI is InChI=1S/C27H27N5O4S/c1-4-17-30(2)26(33)21-11-9-19(10-12-21)18-37-27-29-28-25(20-13-15-22(16-14-20)32(34)35)31(27)23-7-5-6-8-24(23)36-3/h5-16H,4,17-18H2,1-3H3. The zero-order chi connectivity index (χ0) is 26.4. The van der Waals surface area contributed by atoms with E-state index in [-0.39, 0.29) is 11.6 Å². The molecule has 0 fully saturated rings. The first-order chi connectivity index (χ1) is 17.9. The second-order valence-electron chi connectivity index (χ2n) is 8.33. The summed E-state index contributed by atoms with van der Waals surface area (Å²) in [5.41, 5.74) is 3.14. The second-order valence-corrected chi connectivity index (χ2v) is 9.27. The summed E-state index contributed by atoms with van der Waals surface area (Å²) in [5.74, 6) is 1.80. The Morgan fingerprint density at radius 1 is 1.05 bits per heavy atom. The number of thioether (sulfide) groups is 1. The van der Waals surface area contributed by atoms with Gasteiger partial charge in [0.05, 0.1) is 17.7 Å². The lowest BCUT2D eigenvalue weighted by molar-refractivity contribution is -0.384. The number of amides is 1. The van der Waals surface area contributed by atoms with Gasteiger partial charge in [0, 0.05) is 42.6 Å². The van der Waals surface area contributed by atoms with Gasteiger partial charge in [-0.2, -0.15) is 0 Å². The molecule has 4 aromatic rings. The number of carbonyl (C=O) groups excluding carboxylic acids is 1. The summed E-state index contributed by atoms with van der Waals surface area (Å²) < 4.78 is 7.48. The van der Waals surface area contributed by atoms with E-state index in [0.29, 0.717) is 40.2 Å². The zero-order valence-corrected chi connectivity index (χ0v) is 21.6. The minimum atomic E-state index is -0.434. The number of ether oxygens (including phenoxy) is 1. The van der Waals surface area contributed by atoms with Crippen LogP contribution in [0.5, 0.6) is 5.75 Å². The summed E-state index contributed by atoms with van der Waals surface area (Å²) in [5, 5.41) is 20.6. The summed E-state index contributed by atoms with van der Waals surface area (Å²) in [7, 11) is 3.41. The molecule has 0 bridgehead atoms. The van der Waals surface area contributed by atoms with Gasteiger partial charge in [0.15, 0.2) is 11.0 Å². The molecule has 0 atom stereocenters. The number of para-hydroxylation sites is 2. The third kappa shape index (κ3) is 5.80. The van der Waals surface area contributed by atoms with Crippen LogP contribution in [0.25, 0.3) is 17.1 Å². The van der Waals surface area contributed by atoms with E-state index in [1.807, 2.05) is 67.1 Å². The van der Waals surface area contributed by atoms with Crippen LogP contribution in [0.1, 0.15) is 29.3 Å². The van der Waals surface area contributed by atoms with Crippen LogP contribution in [0.3, 0.4) is 0 Å². The Kier molecular flexibility index (Phi) is 8.19. The Hall–Kier alpha value is -4.18. The smallest absolute Gasteiger partial charge is 0.269 e. The minimum Gasteiger partial charge on any atom is -0.495 e. The summed E-state index contributed by atoms with van der Waals surface area (Å²) in [4.78, 5) is 24.9. The van der Waals surface area contributed by atoms with E-state index in [1.54, 1.807) is 24.1 Å². The van der Waals surface area contributed by atoms with Crippen LogP contribution >= 0.6 is 11.8 Å². The topological polar surface area (TPSA) is 103 Å². The van der Waals surface area contributed by atoms with Crippen LogP contribution in [0.2, 0.25) is 0 Å². The summed E-state index contributed by atoms with van der Waals surface area (Å²) in [6.45, 7) is 2.76. The lowest BCUT2D eigenvalue weighted by Crippen LogP contribution is -2.27.